The van der Waals surface area contributed by atoms with Crippen LogP contribution in [0.4, 0.5) is 5.82 Å². The van der Waals surface area contributed by atoms with Crippen LogP contribution in [0.15, 0.2) is 9.73 Å². The quantitative estimate of drug-likeness (QED) is 0.635. The first kappa shape index (κ1) is 12.4. The number of aliphatic imine (C=N–C) groups is 1. The number of nitrogens with zero attached hydrogens (tertiary/aromatic N) is 3. The Morgan fingerprint density at radius 3 is 2.94 bits per heavy atom. The molecule has 4 N–H and O–H groups in total. The molecule has 0 spiro atoms. The SMILES string of the molecule is CN=C(N)c1nc(Br)n(C2CCCCO2)c1N. The van der Waals surface area contributed by atoms with E-state index in [9.17, 15) is 0 Å². The molecule has 2 rings (SSSR count). The van der Waals surface area contributed by atoms with Crippen molar-refractivity contribution >= 4 is 27.6 Å². The second-order valence-corrected chi connectivity index (χ2v) is 4.62. The normalized spacial score (nSPS) is 21.8. The van der Waals surface area contributed by atoms with Gasteiger partial charge in [-0.15, -0.1) is 0 Å². The van der Waals surface area contributed by atoms with Crippen LogP contribution >= 0.6 is 15.9 Å². The number of hydrogen-bond donors (Lipinski definition) is 2. The number of halogens is 1. The molecule has 0 radical (unpaired) electrons. The minimum absolute atomic E-state index is 0.0657. The predicted octanol–water partition coefficient (Wildman–Crippen LogP) is 1.26. The van der Waals surface area contributed by atoms with E-state index in [2.05, 4.69) is 25.9 Å². The molecule has 1 aliphatic heterocycles. The van der Waals surface area contributed by atoms with E-state index in [-0.39, 0.29) is 6.23 Å². The Labute approximate surface area is 108 Å². The molecular weight excluding hydrogens is 286 g/mol. The van der Waals surface area contributed by atoms with Gasteiger partial charge >= 0.3 is 0 Å². The molecule has 1 aromatic rings. The molecule has 1 aliphatic rings. The van der Waals surface area contributed by atoms with Crippen molar-refractivity contribution < 1.29 is 4.74 Å². The van der Waals surface area contributed by atoms with Crippen molar-refractivity contribution in [1.29, 1.82) is 0 Å². The number of nitrogens with two attached hydrogens (primary N) is 2. The van der Waals surface area contributed by atoms with Crippen LogP contribution in [0.2, 0.25) is 0 Å². The third kappa shape index (κ3) is 2.30. The summed E-state index contributed by atoms with van der Waals surface area (Å²) in [6.45, 7) is 0.751. The van der Waals surface area contributed by atoms with Crippen LogP contribution < -0.4 is 11.5 Å². The molecule has 1 unspecified atom stereocenters. The zero-order valence-corrected chi connectivity index (χ0v) is 11.3. The van der Waals surface area contributed by atoms with Crippen molar-refractivity contribution in [3.8, 4) is 0 Å². The monoisotopic (exact) mass is 301 g/mol. The maximum absolute atomic E-state index is 6.04. The van der Waals surface area contributed by atoms with Gasteiger partial charge in [0.25, 0.3) is 0 Å². The maximum atomic E-state index is 6.04. The van der Waals surface area contributed by atoms with Crippen LogP contribution in [0, 0.1) is 0 Å². The smallest absolute Gasteiger partial charge is 0.181 e. The van der Waals surface area contributed by atoms with E-state index in [0.717, 1.165) is 25.9 Å². The van der Waals surface area contributed by atoms with Gasteiger partial charge in [0.2, 0.25) is 0 Å². The van der Waals surface area contributed by atoms with Gasteiger partial charge in [0.15, 0.2) is 4.73 Å². The minimum atomic E-state index is -0.0657. The molecule has 0 aliphatic carbocycles. The number of aromatic nitrogens is 2. The Morgan fingerprint density at radius 2 is 2.35 bits per heavy atom. The summed E-state index contributed by atoms with van der Waals surface area (Å²) in [7, 11) is 1.61. The van der Waals surface area contributed by atoms with E-state index in [1.807, 2.05) is 4.57 Å². The molecule has 0 amide bonds. The summed E-state index contributed by atoms with van der Waals surface area (Å²) in [6.07, 6.45) is 3.08. The van der Waals surface area contributed by atoms with Crippen LogP contribution in [0.3, 0.4) is 0 Å². The van der Waals surface area contributed by atoms with E-state index in [1.54, 1.807) is 7.05 Å². The average Bonchev–Trinajstić information content (AvgIpc) is 2.65. The summed E-state index contributed by atoms with van der Waals surface area (Å²) >= 11 is 3.38. The van der Waals surface area contributed by atoms with Crippen LogP contribution in [-0.2, 0) is 4.74 Å². The molecule has 1 atom stereocenters. The van der Waals surface area contributed by atoms with Crippen LogP contribution in [0.25, 0.3) is 0 Å². The Bertz CT molecular complexity index is 436. The van der Waals surface area contributed by atoms with Crippen LogP contribution in [0.5, 0.6) is 0 Å². The number of imidazole rings is 1. The lowest BCUT2D eigenvalue weighted by Crippen LogP contribution is -2.21. The second-order valence-electron chi connectivity index (χ2n) is 3.91. The second kappa shape index (κ2) is 5.05. The standard InChI is InChI=1S/C10H16BrN5O/c1-14-8(12)7-9(13)16(10(11)15-7)6-4-2-3-5-17-6/h6H,2-5,13H2,1H3,(H2,12,14). The van der Waals surface area contributed by atoms with Crippen LogP contribution in [0.1, 0.15) is 31.2 Å². The number of ether oxygens (including phenoxy) is 1. The molecule has 2 heterocycles. The van der Waals surface area contributed by atoms with Crippen molar-refractivity contribution in [2.45, 2.75) is 25.5 Å². The lowest BCUT2D eigenvalue weighted by atomic mass is 10.2. The highest BCUT2D eigenvalue weighted by atomic mass is 79.9. The van der Waals surface area contributed by atoms with E-state index in [1.165, 1.54) is 0 Å². The summed E-state index contributed by atoms with van der Waals surface area (Å²) in [4.78, 5) is 8.17. The Balaban J connectivity index is 2.37. The van der Waals surface area contributed by atoms with Crippen molar-refractivity contribution in [3.05, 3.63) is 10.4 Å². The summed E-state index contributed by atoms with van der Waals surface area (Å²) in [5, 5.41) is 0. The minimum Gasteiger partial charge on any atom is -0.383 e. The summed E-state index contributed by atoms with van der Waals surface area (Å²) < 4.78 is 8.14. The Hall–Kier alpha value is -1.08. The number of rotatable bonds is 2. The van der Waals surface area contributed by atoms with E-state index >= 15 is 0 Å². The Kier molecular flexibility index (Phi) is 3.68. The highest BCUT2D eigenvalue weighted by Gasteiger charge is 2.24. The zero-order valence-electron chi connectivity index (χ0n) is 9.69. The van der Waals surface area contributed by atoms with Crippen molar-refractivity contribution in [1.82, 2.24) is 9.55 Å². The third-order valence-electron chi connectivity index (χ3n) is 2.83. The van der Waals surface area contributed by atoms with Gasteiger partial charge in [-0.1, -0.05) is 0 Å². The number of amidine groups is 1. The predicted molar refractivity (Wildman–Crippen MR) is 69.8 cm³/mol. The average molecular weight is 302 g/mol. The number of hydrogen-bond acceptors (Lipinski definition) is 4. The van der Waals surface area contributed by atoms with Gasteiger partial charge in [0.1, 0.15) is 23.6 Å². The number of nitrogen functional groups attached to an aromatic ring is 1. The Morgan fingerprint density at radius 1 is 1.59 bits per heavy atom. The topological polar surface area (TPSA) is 91.4 Å². The summed E-state index contributed by atoms with van der Waals surface area (Å²) in [5.74, 6) is 0.824. The first-order valence-corrected chi connectivity index (χ1v) is 6.32. The molecule has 1 aromatic heterocycles. The summed E-state index contributed by atoms with van der Waals surface area (Å²) in [5.41, 5.74) is 12.3. The molecule has 94 valence electrons. The molecule has 1 saturated heterocycles. The van der Waals surface area contributed by atoms with Gasteiger partial charge < -0.3 is 16.2 Å². The fraction of sp³-hybridized carbons (Fsp3) is 0.600. The lowest BCUT2D eigenvalue weighted by Gasteiger charge is -2.25. The highest BCUT2D eigenvalue weighted by Crippen LogP contribution is 2.30. The fourth-order valence-corrected chi connectivity index (χ4v) is 2.51. The molecule has 1 fully saturated rings. The van der Waals surface area contributed by atoms with E-state index < -0.39 is 0 Å². The first-order chi connectivity index (χ1) is 8.15. The zero-order chi connectivity index (χ0) is 12.4. The molecule has 0 aromatic carbocycles. The van der Waals surface area contributed by atoms with Crippen LogP contribution in [-0.4, -0.2) is 29.0 Å². The van der Waals surface area contributed by atoms with Crippen molar-refractivity contribution in [2.24, 2.45) is 10.7 Å². The van der Waals surface area contributed by atoms with E-state index in [0.29, 0.717) is 22.1 Å². The van der Waals surface area contributed by atoms with Gasteiger partial charge in [-0.25, -0.2) is 4.98 Å². The lowest BCUT2D eigenvalue weighted by molar-refractivity contribution is -0.0320. The fourth-order valence-electron chi connectivity index (χ4n) is 1.91. The van der Waals surface area contributed by atoms with Crippen molar-refractivity contribution in [3.63, 3.8) is 0 Å². The van der Waals surface area contributed by atoms with Gasteiger partial charge in [-0.2, -0.15) is 0 Å². The molecule has 0 saturated carbocycles. The van der Waals surface area contributed by atoms with Gasteiger partial charge in [0.05, 0.1) is 0 Å². The molecule has 17 heavy (non-hydrogen) atoms. The molecule has 0 bridgehead atoms. The van der Waals surface area contributed by atoms with Gasteiger partial charge in [-0.3, -0.25) is 9.56 Å². The first-order valence-electron chi connectivity index (χ1n) is 5.52. The molecular formula is C10H16BrN5O. The maximum Gasteiger partial charge on any atom is 0.181 e. The van der Waals surface area contributed by atoms with E-state index in [4.69, 9.17) is 16.2 Å². The van der Waals surface area contributed by atoms with Crippen molar-refractivity contribution in [2.75, 3.05) is 19.4 Å². The highest BCUT2D eigenvalue weighted by molar-refractivity contribution is 9.10. The summed E-state index contributed by atoms with van der Waals surface area (Å²) in [6, 6.07) is 0. The van der Waals surface area contributed by atoms with Gasteiger partial charge in [0, 0.05) is 13.7 Å². The third-order valence-corrected chi connectivity index (χ3v) is 3.39. The molecule has 7 heteroatoms. The van der Waals surface area contributed by atoms with Gasteiger partial charge in [-0.05, 0) is 35.2 Å². The number of anilines is 1. The largest absolute Gasteiger partial charge is 0.383 e. The molecule has 6 nitrogen and oxygen atoms in total.